The molecule has 1 unspecified atom stereocenters. The van der Waals surface area contributed by atoms with Crippen molar-refractivity contribution < 1.29 is 9.47 Å². The fraction of sp³-hybridized carbons (Fsp3) is 0.889. The smallest absolute Gasteiger partial charge is 0.0945 e. The molecule has 0 spiro atoms. The molecule has 4 heteroatoms. The van der Waals surface area contributed by atoms with E-state index < -0.39 is 0 Å². The summed E-state index contributed by atoms with van der Waals surface area (Å²) in [5, 5.41) is 0. The van der Waals surface area contributed by atoms with Crippen molar-refractivity contribution in [3.05, 3.63) is 18.7 Å². The van der Waals surface area contributed by atoms with Gasteiger partial charge in [0, 0.05) is 32.2 Å². The first kappa shape index (κ1) is 28.2. The standard InChI is InChI=1S/C27H52N2O2/c1-3-5-24-31-27(4-2)25-30-23-19-17-15-13-11-9-7-6-8-10-12-14-16-18-21-29-22-20-28-26-29/h20,22,26-27H,3-19,21,23-25H2,1-2H3. The van der Waals surface area contributed by atoms with Crippen molar-refractivity contribution in [3.63, 3.8) is 0 Å². The molecule has 0 bridgehead atoms. The molecule has 0 amide bonds. The number of hydrogen-bond acceptors (Lipinski definition) is 3. The van der Waals surface area contributed by atoms with Gasteiger partial charge in [-0.1, -0.05) is 97.3 Å². The van der Waals surface area contributed by atoms with Crippen LogP contribution in [0.25, 0.3) is 0 Å². The Bertz CT molecular complexity index is 450. The molecule has 0 aliphatic heterocycles. The van der Waals surface area contributed by atoms with Crippen LogP contribution in [0.3, 0.4) is 0 Å². The number of hydrogen-bond donors (Lipinski definition) is 0. The van der Waals surface area contributed by atoms with Crippen molar-refractivity contribution in [2.24, 2.45) is 0 Å². The highest BCUT2D eigenvalue weighted by molar-refractivity contribution is 4.73. The van der Waals surface area contributed by atoms with E-state index in [1.807, 2.05) is 12.5 Å². The lowest BCUT2D eigenvalue weighted by molar-refractivity contribution is -0.0197. The maximum absolute atomic E-state index is 5.85. The summed E-state index contributed by atoms with van der Waals surface area (Å²) in [7, 11) is 0. The minimum Gasteiger partial charge on any atom is -0.379 e. The summed E-state index contributed by atoms with van der Waals surface area (Å²) in [4.78, 5) is 4.09. The minimum absolute atomic E-state index is 0.291. The number of ether oxygens (including phenoxy) is 2. The molecule has 0 fully saturated rings. The monoisotopic (exact) mass is 436 g/mol. The highest BCUT2D eigenvalue weighted by Gasteiger charge is 2.06. The molecule has 0 saturated heterocycles. The van der Waals surface area contributed by atoms with Crippen LogP contribution in [0.15, 0.2) is 18.7 Å². The molecule has 0 N–H and O–H groups in total. The average Bonchev–Trinajstić information content (AvgIpc) is 3.30. The molecule has 1 heterocycles. The summed E-state index contributed by atoms with van der Waals surface area (Å²) in [6, 6.07) is 0. The molecular formula is C27H52N2O2. The molecule has 0 aromatic carbocycles. The van der Waals surface area contributed by atoms with E-state index in [-0.39, 0.29) is 0 Å². The first-order valence-corrected chi connectivity index (χ1v) is 13.5. The first-order valence-electron chi connectivity index (χ1n) is 13.5. The molecule has 0 aliphatic rings. The zero-order chi connectivity index (χ0) is 22.2. The van der Waals surface area contributed by atoms with Gasteiger partial charge in [0.25, 0.3) is 0 Å². The van der Waals surface area contributed by atoms with Crippen LogP contribution in [0, 0.1) is 0 Å². The Morgan fingerprint density at radius 3 is 1.81 bits per heavy atom. The number of aromatic nitrogens is 2. The maximum Gasteiger partial charge on any atom is 0.0945 e. The van der Waals surface area contributed by atoms with Gasteiger partial charge in [0.15, 0.2) is 0 Å². The Morgan fingerprint density at radius 2 is 1.29 bits per heavy atom. The molecule has 0 radical (unpaired) electrons. The summed E-state index contributed by atoms with van der Waals surface area (Å²) in [5.74, 6) is 0. The van der Waals surface area contributed by atoms with Gasteiger partial charge >= 0.3 is 0 Å². The van der Waals surface area contributed by atoms with Crippen LogP contribution in [0.2, 0.25) is 0 Å². The number of unbranched alkanes of at least 4 members (excludes halogenated alkanes) is 14. The Kier molecular flexibility index (Phi) is 20.3. The molecule has 31 heavy (non-hydrogen) atoms. The zero-order valence-corrected chi connectivity index (χ0v) is 20.9. The van der Waals surface area contributed by atoms with Gasteiger partial charge in [-0.05, 0) is 25.7 Å². The van der Waals surface area contributed by atoms with E-state index in [1.54, 1.807) is 0 Å². The number of rotatable bonds is 24. The van der Waals surface area contributed by atoms with Gasteiger partial charge < -0.3 is 14.0 Å². The predicted molar refractivity (Wildman–Crippen MR) is 133 cm³/mol. The maximum atomic E-state index is 5.85. The highest BCUT2D eigenvalue weighted by atomic mass is 16.5. The van der Waals surface area contributed by atoms with Gasteiger partial charge in [0.2, 0.25) is 0 Å². The summed E-state index contributed by atoms with van der Waals surface area (Å²) in [6.07, 6.45) is 28.8. The summed E-state index contributed by atoms with van der Waals surface area (Å²) < 4.78 is 13.8. The van der Waals surface area contributed by atoms with E-state index in [1.165, 1.54) is 96.3 Å². The largest absolute Gasteiger partial charge is 0.379 e. The van der Waals surface area contributed by atoms with E-state index in [0.29, 0.717) is 6.10 Å². The van der Waals surface area contributed by atoms with Crippen molar-refractivity contribution >= 4 is 0 Å². The van der Waals surface area contributed by atoms with Crippen LogP contribution < -0.4 is 0 Å². The van der Waals surface area contributed by atoms with Gasteiger partial charge in [-0.15, -0.1) is 0 Å². The molecule has 182 valence electrons. The predicted octanol–water partition coefficient (Wildman–Crippen LogP) is 7.96. The molecular weight excluding hydrogens is 384 g/mol. The summed E-state index contributed by atoms with van der Waals surface area (Å²) in [5.41, 5.74) is 0. The summed E-state index contributed by atoms with van der Waals surface area (Å²) >= 11 is 0. The first-order chi connectivity index (χ1) is 15.4. The SMILES string of the molecule is CCCCOC(CC)COCCCCCCCCCCCCCCCCn1ccnc1. The van der Waals surface area contributed by atoms with Crippen LogP contribution in [-0.4, -0.2) is 35.5 Å². The second-order valence-corrected chi connectivity index (χ2v) is 9.08. The molecule has 0 saturated carbocycles. The van der Waals surface area contributed by atoms with E-state index in [4.69, 9.17) is 9.47 Å². The van der Waals surface area contributed by atoms with E-state index in [2.05, 4.69) is 29.6 Å². The highest BCUT2D eigenvalue weighted by Crippen LogP contribution is 2.13. The molecule has 1 aromatic rings. The molecule has 1 rings (SSSR count). The zero-order valence-electron chi connectivity index (χ0n) is 20.9. The third-order valence-corrected chi connectivity index (χ3v) is 6.12. The van der Waals surface area contributed by atoms with Crippen LogP contribution in [0.1, 0.15) is 123 Å². The van der Waals surface area contributed by atoms with E-state index in [9.17, 15) is 0 Å². The van der Waals surface area contributed by atoms with Crippen LogP contribution in [0.5, 0.6) is 0 Å². The fourth-order valence-corrected chi connectivity index (χ4v) is 3.93. The number of imidazole rings is 1. The lowest BCUT2D eigenvalue weighted by Crippen LogP contribution is -2.20. The van der Waals surface area contributed by atoms with E-state index in [0.717, 1.165) is 39.2 Å². The second kappa shape index (κ2) is 22.3. The van der Waals surface area contributed by atoms with Gasteiger partial charge in [-0.3, -0.25) is 0 Å². The van der Waals surface area contributed by atoms with Crippen LogP contribution in [0.4, 0.5) is 0 Å². The quantitative estimate of drug-likeness (QED) is 0.154. The van der Waals surface area contributed by atoms with Crippen molar-refractivity contribution in [2.45, 2.75) is 136 Å². The number of aryl methyl sites for hydroxylation is 1. The third kappa shape index (κ3) is 18.4. The van der Waals surface area contributed by atoms with Crippen LogP contribution in [-0.2, 0) is 16.0 Å². The lowest BCUT2D eigenvalue weighted by Gasteiger charge is -2.16. The van der Waals surface area contributed by atoms with Crippen molar-refractivity contribution in [3.8, 4) is 0 Å². The Labute approximate surface area is 193 Å². The minimum atomic E-state index is 0.291. The lowest BCUT2D eigenvalue weighted by atomic mass is 10.0. The van der Waals surface area contributed by atoms with Crippen molar-refractivity contribution in [2.75, 3.05) is 19.8 Å². The van der Waals surface area contributed by atoms with Crippen molar-refractivity contribution in [1.82, 2.24) is 9.55 Å². The van der Waals surface area contributed by atoms with Crippen LogP contribution >= 0.6 is 0 Å². The third-order valence-electron chi connectivity index (χ3n) is 6.12. The summed E-state index contributed by atoms with van der Waals surface area (Å²) in [6.45, 7) is 8.07. The molecule has 1 atom stereocenters. The van der Waals surface area contributed by atoms with Gasteiger partial charge in [-0.25, -0.2) is 4.98 Å². The Balaban J connectivity index is 1.70. The molecule has 4 nitrogen and oxygen atoms in total. The second-order valence-electron chi connectivity index (χ2n) is 9.08. The van der Waals surface area contributed by atoms with E-state index >= 15 is 0 Å². The number of nitrogens with zero attached hydrogens (tertiary/aromatic N) is 2. The van der Waals surface area contributed by atoms with Gasteiger partial charge in [-0.2, -0.15) is 0 Å². The molecule has 0 aliphatic carbocycles. The topological polar surface area (TPSA) is 36.3 Å². The fourth-order valence-electron chi connectivity index (χ4n) is 3.93. The Morgan fingerprint density at radius 1 is 0.710 bits per heavy atom. The average molecular weight is 437 g/mol. The van der Waals surface area contributed by atoms with Gasteiger partial charge in [0.05, 0.1) is 19.0 Å². The molecule has 1 aromatic heterocycles. The Hall–Kier alpha value is -0.870. The normalized spacial score (nSPS) is 12.5. The van der Waals surface area contributed by atoms with Crippen molar-refractivity contribution in [1.29, 1.82) is 0 Å². The van der Waals surface area contributed by atoms with Gasteiger partial charge in [0.1, 0.15) is 0 Å².